The summed E-state index contributed by atoms with van der Waals surface area (Å²) in [4.78, 5) is 24.5. The fourth-order valence-corrected chi connectivity index (χ4v) is 3.53. The fourth-order valence-electron chi connectivity index (χ4n) is 2.63. The van der Waals surface area contributed by atoms with Gasteiger partial charge < -0.3 is 15.4 Å². The van der Waals surface area contributed by atoms with Gasteiger partial charge in [-0.1, -0.05) is 36.4 Å². The SMILES string of the molecule is N#C/C(=C\c1ccc(OCC(=O)Nc2ccccc2I)cc1)C(=O)Nc1ccccc1Br. The normalized spacial score (nSPS) is 10.7. The van der Waals surface area contributed by atoms with Crippen molar-refractivity contribution in [2.24, 2.45) is 0 Å². The minimum Gasteiger partial charge on any atom is -0.484 e. The largest absolute Gasteiger partial charge is 0.484 e. The van der Waals surface area contributed by atoms with E-state index in [0.717, 1.165) is 13.7 Å². The summed E-state index contributed by atoms with van der Waals surface area (Å²) in [5.41, 5.74) is 1.92. The Kier molecular flexibility index (Phi) is 8.41. The third-order valence-electron chi connectivity index (χ3n) is 4.20. The van der Waals surface area contributed by atoms with Crippen LogP contribution in [-0.2, 0) is 9.59 Å². The van der Waals surface area contributed by atoms with E-state index >= 15 is 0 Å². The monoisotopic (exact) mass is 601 g/mol. The highest BCUT2D eigenvalue weighted by Crippen LogP contribution is 2.22. The van der Waals surface area contributed by atoms with Crippen LogP contribution in [0.25, 0.3) is 6.08 Å². The maximum Gasteiger partial charge on any atom is 0.266 e. The summed E-state index contributed by atoms with van der Waals surface area (Å²) in [6, 6.07) is 23.3. The van der Waals surface area contributed by atoms with Crippen LogP contribution in [0.1, 0.15) is 5.56 Å². The van der Waals surface area contributed by atoms with Crippen molar-refractivity contribution in [1.29, 1.82) is 5.26 Å². The molecule has 0 radical (unpaired) electrons. The van der Waals surface area contributed by atoms with Gasteiger partial charge in [0.05, 0.1) is 11.4 Å². The molecule has 0 unspecified atom stereocenters. The topological polar surface area (TPSA) is 91.2 Å². The van der Waals surface area contributed by atoms with E-state index in [1.54, 1.807) is 42.5 Å². The number of rotatable bonds is 7. The van der Waals surface area contributed by atoms with E-state index in [2.05, 4.69) is 49.2 Å². The van der Waals surface area contributed by atoms with Gasteiger partial charge in [0.25, 0.3) is 11.8 Å². The molecular weight excluding hydrogens is 585 g/mol. The Morgan fingerprint density at radius 3 is 2.28 bits per heavy atom. The van der Waals surface area contributed by atoms with E-state index in [1.807, 2.05) is 36.4 Å². The van der Waals surface area contributed by atoms with E-state index in [0.29, 0.717) is 17.0 Å². The predicted molar refractivity (Wildman–Crippen MR) is 136 cm³/mol. The van der Waals surface area contributed by atoms with Crippen LogP contribution in [-0.4, -0.2) is 18.4 Å². The molecule has 0 aliphatic carbocycles. The highest BCUT2D eigenvalue weighted by molar-refractivity contribution is 14.1. The first-order valence-corrected chi connectivity index (χ1v) is 11.3. The smallest absolute Gasteiger partial charge is 0.266 e. The van der Waals surface area contributed by atoms with Gasteiger partial charge in [0.15, 0.2) is 6.61 Å². The summed E-state index contributed by atoms with van der Waals surface area (Å²) in [7, 11) is 0. The van der Waals surface area contributed by atoms with Crippen molar-refractivity contribution < 1.29 is 14.3 Å². The molecule has 0 spiro atoms. The van der Waals surface area contributed by atoms with E-state index in [1.165, 1.54) is 6.08 Å². The Morgan fingerprint density at radius 1 is 0.969 bits per heavy atom. The zero-order chi connectivity index (χ0) is 22.9. The maximum absolute atomic E-state index is 12.4. The zero-order valence-electron chi connectivity index (χ0n) is 16.6. The van der Waals surface area contributed by atoms with Crippen molar-refractivity contribution in [2.75, 3.05) is 17.2 Å². The van der Waals surface area contributed by atoms with Crippen LogP contribution >= 0.6 is 38.5 Å². The van der Waals surface area contributed by atoms with E-state index < -0.39 is 5.91 Å². The first-order valence-electron chi connectivity index (χ1n) is 9.41. The van der Waals surface area contributed by atoms with Crippen LogP contribution < -0.4 is 15.4 Å². The summed E-state index contributed by atoms with van der Waals surface area (Å²) in [6.45, 7) is -0.141. The van der Waals surface area contributed by atoms with Crippen LogP contribution in [0, 0.1) is 14.9 Å². The Morgan fingerprint density at radius 2 is 1.62 bits per heavy atom. The second kappa shape index (κ2) is 11.5. The number of carbonyl (C=O) groups excluding carboxylic acids is 2. The summed E-state index contributed by atoms with van der Waals surface area (Å²) < 4.78 is 7.18. The van der Waals surface area contributed by atoms with Crippen molar-refractivity contribution in [2.45, 2.75) is 0 Å². The van der Waals surface area contributed by atoms with Crippen LogP contribution in [0.5, 0.6) is 5.75 Å². The molecule has 3 aromatic carbocycles. The van der Waals surface area contributed by atoms with Gasteiger partial charge in [0.2, 0.25) is 0 Å². The maximum atomic E-state index is 12.4. The molecule has 160 valence electrons. The van der Waals surface area contributed by atoms with Gasteiger partial charge in [-0.15, -0.1) is 0 Å². The lowest BCUT2D eigenvalue weighted by atomic mass is 10.1. The van der Waals surface area contributed by atoms with Gasteiger partial charge >= 0.3 is 0 Å². The predicted octanol–water partition coefficient (Wildman–Crippen LogP) is 5.62. The number of nitrogens with zero attached hydrogens (tertiary/aromatic N) is 1. The molecule has 3 rings (SSSR count). The molecular formula is C24H17BrIN3O3. The highest BCUT2D eigenvalue weighted by atomic mass is 127. The number of anilines is 2. The van der Waals surface area contributed by atoms with Gasteiger partial charge in [0.1, 0.15) is 17.4 Å². The molecule has 0 aliphatic rings. The lowest BCUT2D eigenvalue weighted by molar-refractivity contribution is -0.118. The number of para-hydroxylation sites is 2. The molecule has 0 bridgehead atoms. The summed E-state index contributed by atoms with van der Waals surface area (Å²) in [5.74, 6) is -0.281. The third kappa shape index (κ3) is 6.67. The molecule has 0 saturated heterocycles. The minimum absolute atomic E-state index is 0.0359. The van der Waals surface area contributed by atoms with Crippen molar-refractivity contribution in [3.05, 3.63) is 92.0 Å². The molecule has 3 aromatic rings. The van der Waals surface area contributed by atoms with Crippen LogP contribution in [0.4, 0.5) is 11.4 Å². The number of nitriles is 1. The van der Waals surface area contributed by atoms with Crippen molar-refractivity contribution in [3.63, 3.8) is 0 Å². The Balaban J connectivity index is 1.59. The van der Waals surface area contributed by atoms with Crippen LogP contribution in [0.3, 0.4) is 0 Å². The molecule has 8 heteroatoms. The Bertz CT molecular complexity index is 1200. The van der Waals surface area contributed by atoms with Gasteiger partial charge in [0, 0.05) is 8.04 Å². The van der Waals surface area contributed by atoms with Crippen molar-refractivity contribution in [3.8, 4) is 11.8 Å². The molecule has 0 aliphatic heterocycles. The Hall–Kier alpha value is -3.16. The first kappa shape index (κ1) is 23.5. The standard InChI is InChI=1S/C24H17BrIN3O3/c25-19-5-1-3-7-21(19)29-24(31)17(14-27)13-16-9-11-18(12-10-16)32-15-23(30)28-22-8-4-2-6-20(22)26/h1-13H,15H2,(H,28,30)(H,29,31)/b17-13+. The van der Waals surface area contributed by atoms with E-state index in [4.69, 9.17) is 4.74 Å². The number of benzene rings is 3. The molecule has 32 heavy (non-hydrogen) atoms. The number of hydrogen-bond donors (Lipinski definition) is 2. The summed E-state index contributed by atoms with van der Waals surface area (Å²) in [6.07, 6.45) is 1.49. The van der Waals surface area contributed by atoms with Gasteiger partial charge in [-0.3, -0.25) is 9.59 Å². The molecule has 0 heterocycles. The van der Waals surface area contributed by atoms with Gasteiger partial charge in [-0.2, -0.15) is 5.26 Å². The molecule has 0 fully saturated rings. The lowest BCUT2D eigenvalue weighted by Crippen LogP contribution is -2.20. The highest BCUT2D eigenvalue weighted by Gasteiger charge is 2.11. The summed E-state index contributed by atoms with van der Waals surface area (Å²) in [5, 5.41) is 14.9. The molecule has 0 atom stereocenters. The average Bonchev–Trinajstić information content (AvgIpc) is 2.80. The fraction of sp³-hybridized carbons (Fsp3) is 0.0417. The third-order valence-corrected chi connectivity index (χ3v) is 5.83. The molecule has 6 nitrogen and oxygen atoms in total. The quantitative estimate of drug-likeness (QED) is 0.209. The molecule has 0 saturated carbocycles. The molecule has 2 N–H and O–H groups in total. The van der Waals surface area contributed by atoms with Crippen molar-refractivity contribution >= 4 is 67.8 Å². The Labute approximate surface area is 207 Å². The second-order valence-electron chi connectivity index (χ2n) is 6.49. The van der Waals surface area contributed by atoms with Gasteiger partial charge in [-0.25, -0.2) is 0 Å². The number of amides is 2. The van der Waals surface area contributed by atoms with E-state index in [9.17, 15) is 14.9 Å². The number of carbonyl (C=O) groups is 2. The molecule has 0 aromatic heterocycles. The van der Waals surface area contributed by atoms with Crippen LogP contribution in [0.2, 0.25) is 0 Å². The number of nitrogens with one attached hydrogen (secondary N) is 2. The van der Waals surface area contributed by atoms with Crippen LogP contribution in [0.15, 0.2) is 82.8 Å². The van der Waals surface area contributed by atoms with Crippen molar-refractivity contribution in [1.82, 2.24) is 0 Å². The number of halogens is 2. The minimum atomic E-state index is -0.507. The second-order valence-corrected chi connectivity index (χ2v) is 8.51. The average molecular weight is 602 g/mol. The van der Waals surface area contributed by atoms with E-state index in [-0.39, 0.29) is 18.1 Å². The first-order chi connectivity index (χ1) is 15.5. The number of ether oxygens (including phenoxy) is 1. The number of hydrogen-bond acceptors (Lipinski definition) is 4. The zero-order valence-corrected chi connectivity index (χ0v) is 20.4. The van der Waals surface area contributed by atoms with Gasteiger partial charge in [-0.05, 0) is 86.6 Å². The molecule has 2 amide bonds. The lowest BCUT2D eigenvalue weighted by Gasteiger charge is -2.09. The summed E-state index contributed by atoms with van der Waals surface area (Å²) >= 11 is 5.50.